The molecule has 2 unspecified atom stereocenters. The number of rotatable bonds is 8. The molecule has 1 saturated carbocycles. The first-order chi connectivity index (χ1) is 13.5. The molecular formula is C19H19F6N3O. The van der Waals surface area contributed by atoms with Gasteiger partial charge in [-0.1, -0.05) is 0 Å². The third-order valence-corrected chi connectivity index (χ3v) is 4.62. The molecule has 2 aromatic heterocycles. The van der Waals surface area contributed by atoms with Crippen molar-refractivity contribution in [3.8, 4) is 17.0 Å². The summed E-state index contributed by atoms with van der Waals surface area (Å²) in [7, 11) is 0. The lowest BCUT2D eigenvalue weighted by Gasteiger charge is -2.25. The lowest BCUT2D eigenvalue weighted by molar-refractivity contribution is 0.0867. The number of pyridine rings is 2. The van der Waals surface area contributed by atoms with E-state index < -0.39 is 41.6 Å². The lowest BCUT2D eigenvalue weighted by atomic mass is 9.97. The van der Waals surface area contributed by atoms with Crippen LogP contribution in [0, 0.1) is 5.92 Å². The molecule has 0 aliphatic heterocycles. The molecule has 3 rings (SSSR count). The molecular weight excluding hydrogens is 400 g/mol. The van der Waals surface area contributed by atoms with E-state index in [1.54, 1.807) is 0 Å². The van der Waals surface area contributed by atoms with Crippen LogP contribution >= 0.6 is 0 Å². The van der Waals surface area contributed by atoms with Crippen LogP contribution < -0.4 is 10.5 Å². The van der Waals surface area contributed by atoms with Crippen LogP contribution in [0.2, 0.25) is 0 Å². The van der Waals surface area contributed by atoms with Gasteiger partial charge < -0.3 is 10.5 Å². The summed E-state index contributed by atoms with van der Waals surface area (Å²) in [5, 5.41) is 0. The second-order valence-electron chi connectivity index (χ2n) is 7.46. The van der Waals surface area contributed by atoms with Crippen LogP contribution in [0.3, 0.4) is 0 Å². The average Bonchev–Trinajstić information content (AvgIpc) is 3.24. The highest BCUT2D eigenvalue weighted by Gasteiger charge is 2.58. The van der Waals surface area contributed by atoms with Gasteiger partial charge in [-0.2, -0.15) is 0 Å². The number of ether oxygens (including phenoxy) is 1. The quantitative estimate of drug-likeness (QED) is 0.601. The first-order valence-electron chi connectivity index (χ1n) is 8.81. The van der Waals surface area contributed by atoms with E-state index in [0.29, 0.717) is 0 Å². The molecule has 4 nitrogen and oxygen atoms in total. The molecule has 0 saturated heterocycles. The van der Waals surface area contributed by atoms with Gasteiger partial charge in [0.25, 0.3) is 18.8 Å². The Bertz CT molecular complexity index is 875. The zero-order valence-corrected chi connectivity index (χ0v) is 15.4. The Morgan fingerprint density at radius 3 is 2.48 bits per heavy atom. The fourth-order valence-corrected chi connectivity index (χ4v) is 2.98. The number of aromatic nitrogens is 2. The maximum absolute atomic E-state index is 13.5. The van der Waals surface area contributed by atoms with E-state index in [0.717, 1.165) is 12.3 Å². The smallest absolute Gasteiger partial charge is 0.284 e. The van der Waals surface area contributed by atoms with Crippen molar-refractivity contribution >= 4 is 0 Å². The largest absolute Gasteiger partial charge is 0.490 e. The van der Waals surface area contributed by atoms with Crippen molar-refractivity contribution in [2.75, 3.05) is 6.61 Å². The fraction of sp³-hybridized carbons (Fsp3) is 0.474. The number of nitrogens with two attached hydrogens (primary N) is 1. The summed E-state index contributed by atoms with van der Waals surface area (Å²) in [5.41, 5.74) is 3.89. The molecule has 1 aliphatic rings. The van der Waals surface area contributed by atoms with Crippen LogP contribution in [0.5, 0.6) is 5.75 Å². The third kappa shape index (κ3) is 5.17. The van der Waals surface area contributed by atoms with Crippen LogP contribution in [-0.2, 0) is 0 Å². The van der Waals surface area contributed by atoms with Crippen LogP contribution in [0.15, 0.2) is 30.5 Å². The van der Waals surface area contributed by atoms with Crippen molar-refractivity contribution in [1.82, 2.24) is 9.97 Å². The van der Waals surface area contributed by atoms with Crippen molar-refractivity contribution in [2.45, 2.75) is 44.1 Å². The molecule has 2 atom stereocenters. The van der Waals surface area contributed by atoms with Gasteiger partial charge in [0.1, 0.15) is 23.7 Å². The molecule has 0 radical (unpaired) electrons. The normalized spacial score (nSPS) is 20.0. The highest BCUT2D eigenvalue weighted by molar-refractivity contribution is 5.60. The Balaban J connectivity index is 1.77. The standard InChI is InChI=1S/C19H19F6N3O/c1-18(26,7-11-8-19(11,24)25)9-29-14-3-2-12(28-15(14)17(22)23)10-4-5-27-13(6-10)16(20)21/h2-6,11,16-17H,7-9,26H2,1H3. The van der Waals surface area contributed by atoms with E-state index in [2.05, 4.69) is 9.97 Å². The molecule has 1 fully saturated rings. The Morgan fingerprint density at radius 1 is 1.21 bits per heavy atom. The second kappa shape index (κ2) is 7.81. The lowest BCUT2D eigenvalue weighted by Crippen LogP contribution is -2.43. The molecule has 10 heteroatoms. The fourth-order valence-electron chi connectivity index (χ4n) is 2.98. The van der Waals surface area contributed by atoms with Crippen LogP contribution in [0.25, 0.3) is 11.3 Å². The summed E-state index contributed by atoms with van der Waals surface area (Å²) in [5.74, 6) is -3.82. The van der Waals surface area contributed by atoms with Crippen molar-refractivity contribution in [3.63, 3.8) is 0 Å². The van der Waals surface area contributed by atoms with Gasteiger partial charge in [0.15, 0.2) is 0 Å². The van der Waals surface area contributed by atoms with Crippen molar-refractivity contribution in [2.24, 2.45) is 11.7 Å². The molecule has 2 N–H and O–H groups in total. The van der Waals surface area contributed by atoms with E-state index in [1.807, 2.05) is 0 Å². The summed E-state index contributed by atoms with van der Waals surface area (Å²) >= 11 is 0. The summed E-state index contributed by atoms with van der Waals surface area (Å²) in [6.07, 6.45) is -4.93. The molecule has 2 aromatic rings. The zero-order chi connectivity index (χ0) is 21.4. The van der Waals surface area contributed by atoms with Gasteiger partial charge in [-0.15, -0.1) is 0 Å². The van der Waals surface area contributed by atoms with Crippen LogP contribution in [-0.4, -0.2) is 28.0 Å². The van der Waals surface area contributed by atoms with E-state index in [-0.39, 0.29) is 36.5 Å². The number of hydrogen-bond donors (Lipinski definition) is 1. The Hall–Kier alpha value is -2.36. The number of alkyl halides is 6. The maximum atomic E-state index is 13.5. The molecule has 29 heavy (non-hydrogen) atoms. The second-order valence-corrected chi connectivity index (χ2v) is 7.46. The molecule has 0 amide bonds. The van der Waals surface area contributed by atoms with Crippen LogP contribution in [0.4, 0.5) is 26.3 Å². The number of halogens is 6. The number of nitrogens with zero attached hydrogens (tertiary/aromatic N) is 2. The van der Waals surface area contributed by atoms with Gasteiger partial charge in [-0.3, -0.25) is 4.98 Å². The maximum Gasteiger partial charge on any atom is 0.284 e. The molecule has 2 heterocycles. The predicted molar refractivity (Wildman–Crippen MR) is 93.1 cm³/mol. The monoisotopic (exact) mass is 419 g/mol. The van der Waals surface area contributed by atoms with Crippen LogP contribution in [0.1, 0.15) is 44.0 Å². The minimum atomic E-state index is -3.00. The van der Waals surface area contributed by atoms with Gasteiger partial charge in [0, 0.05) is 29.6 Å². The Labute approximate surface area is 163 Å². The van der Waals surface area contributed by atoms with Crippen molar-refractivity contribution in [1.29, 1.82) is 0 Å². The average molecular weight is 419 g/mol. The molecule has 0 aromatic carbocycles. The molecule has 0 bridgehead atoms. The minimum Gasteiger partial charge on any atom is -0.490 e. The van der Waals surface area contributed by atoms with E-state index in [1.165, 1.54) is 25.1 Å². The summed E-state index contributed by atoms with van der Waals surface area (Å²) < 4.78 is 84.1. The zero-order valence-electron chi connectivity index (χ0n) is 15.4. The van der Waals surface area contributed by atoms with E-state index in [9.17, 15) is 26.3 Å². The SMILES string of the molecule is CC(N)(COc1ccc(-c2ccnc(C(F)F)c2)nc1C(F)F)CC1CC1(F)F. The third-order valence-electron chi connectivity index (χ3n) is 4.62. The highest BCUT2D eigenvalue weighted by atomic mass is 19.3. The number of hydrogen-bond acceptors (Lipinski definition) is 4. The summed E-state index contributed by atoms with van der Waals surface area (Å²) in [6.45, 7) is 1.25. The topological polar surface area (TPSA) is 61.0 Å². The first kappa shape index (κ1) is 21.4. The van der Waals surface area contributed by atoms with Crippen molar-refractivity contribution < 1.29 is 31.1 Å². The highest BCUT2D eigenvalue weighted by Crippen LogP contribution is 2.52. The molecule has 1 aliphatic carbocycles. The minimum absolute atomic E-state index is 0.0110. The summed E-state index contributed by atoms with van der Waals surface area (Å²) in [6, 6.07) is 5.01. The van der Waals surface area contributed by atoms with Gasteiger partial charge in [-0.05, 0) is 37.6 Å². The van der Waals surface area contributed by atoms with Gasteiger partial charge in [0.2, 0.25) is 0 Å². The Morgan fingerprint density at radius 2 is 1.90 bits per heavy atom. The van der Waals surface area contributed by atoms with Crippen molar-refractivity contribution in [3.05, 3.63) is 41.9 Å². The molecule has 0 spiro atoms. The Kier molecular flexibility index (Phi) is 5.75. The predicted octanol–water partition coefficient (Wildman–Crippen LogP) is 5.16. The van der Waals surface area contributed by atoms with Gasteiger partial charge in [-0.25, -0.2) is 31.3 Å². The molecule has 158 valence electrons. The van der Waals surface area contributed by atoms with E-state index in [4.69, 9.17) is 10.5 Å². The van der Waals surface area contributed by atoms with Gasteiger partial charge >= 0.3 is 0 Å². The van der Waals surface area contributed by atoms with Gasteiger partial charge in [0.05, 0.1) is 5.69 Å². The van der Waals surface area contributed by atoms with E-state index >= 15 is 0 Å². The first-order valence-corrected chi connectivity index (χ1v) is 8.81. The summed E-state index contributed by atoms with van der Waals surface area (Å²) in [4.78, 5) is 7.35.